The van der Waals surface area contributed by atoms with E-state index in [0.717, 1.165) is 4.90 Å². The topological polar surface area (TPSA) is 105 Å². The first-order chi connectivity index (χ1) is 9.52. The Kier molecular flexibility index (Phi) is 5.32. The van der Waals surface area contributed by atoms with E-state index in [-0.39, 0.29) is 5.75 Å². The molecule has 1 aliphatic heterocycles. The van der Waals surface area contributed by atoms with E-state index in [1.54, 1.807) is 24.3 Å². The molecule has 0 unspecified atom stereocenters. The first-order valence-corrected chi connectivity index (χ1v) is 7.96. The van der Waals surface area contributed by atoms with Crippen molar-refractivity contribution >= 4 is 23.5 Å². The maximum atomic E-state index is 10.1. The number of nitrogens with zero attached hydrogens (tertiary/aromatic N) is 1. The molecule has 0 bridgehead atoms. The number of benzene rings is 1. The molecule has 0 radical (unpaired) electrons. The van der Waals surface area contributed by atoms with Crippen molar-refractivity contribution in [3.63, 3.8) is 0 Å². The Balaban J connectivity index is 2.09. The van der Waals surface area contributed by atoms with Gasteiger partial charge < -0.3 is 20.4 Å². The zero-order valence-electron chi connectivity index (χ0n) is 10.5. The van der Waals surface area contributed by atoms with E-state index in [2.05, 4.69) is 0 Å². The monoisotopic (exact) mass is 313 g/mol. The zero-order chi connectivity index (χ0) is 14.7. The van der Waals surface area contributed by atoms with Crippen LogP contribution in [0.5, 0.6) is 0 Å². The molecule has 1 heterocycles. The van der Waals surface area contributed by atoms with Crippen molar-refractivity contribution in [3.8, 4) is 6.07 Å². The lowest BCUT2D eigenvalue weighted by molar-refractivity contribution is -0.0910. The molecule has 5 nitrogen and oxygen atoms in total. The van der Waals surface area contributed by atoms with Crippen LogP contribution in [0.4, 0.5) is 0 Å². The molecule has 1 fully saturated rings. The summed E-state index contributed by atoms with van der Waals surface area (Å²) in [6, 6.07) is 8.91. The standard InChI is InChI=1S/C13H15NO4S2/c14-5-7-1-3-8(4-2-7)20-13-12(18)11(17)10(16)9(15)6-19-13/h1-4,9-13,15-18H,6H2/t9-,10+,11-,12+,13-/m0/s1. The van der Waals surface area contributed by atoms with Crippen LogP contribution in [0, 0.1) is 11.3 Å². The molecule has 0 saturated carbocycles. The lowest BCUT2D eigenvalue weighted by atomic mass is 10.1. The van der Waals surface area contributed by atoms with E-state index in [0.29, 0.717) is 5.56 Å². The van der Waals surface area contributed by atoms with Crippen molar-refractivity contribution in [3.05, 3.63) is 29.8 Å². The van der Waals surface area contributed by atoms with Gasteiger partial charge in [0, 0.05) is 10.6 Å². The van der Waals surface area contributed by atoms with Crippen LogP contribution in [0.3, 0.4) is 0 Å². The van der Waals surface area contributed by atoms with Gasteiger partial charge in [-0.25, -0.2) is 0 Å². The summed E-state index contributed by atoms with van der Waals surface area (Å²) < 4.78 is -0.398. The Morgan fingerprint density at radius 3 is 2.30 bits per heavy atom. The third-order valence-electron chi connectivity index (χ3n) is 3.04. The van der Waals surface area contributed by atoms with Crippen molar-refractivity contribution in [2.24, 2.45) is 0 Å². The summed E-state index contributed by atoms with van der Waals surface area (Å²) in [5.74, 6) is 0.239. The van der Waals surface area contributed by atoms with E-state index in [1.165, 1.54) is 23.5 Å². The van der Waals surface area contributed by atoms with Crippen molar-refractivity contribution in [2.75, 3.05) is 5.75 Å². The van der Waals surface area contributed by atoms with Crippen molar-refractivity contribution in [2.45, 2.75) is 33.9 Å². The normalized spacial score (nSPS) is 34.2. The summed E-state index contributed by atoms with van der Waals surface area (Å²) in [5, 5.41) is 47.8. The maximum absolute atomic E-state index is 10.1. The predicted molar refractivity (Wildman–Crippen MR) is 77.3 cm³/mol. The number of nitriles is 1. The van der Waals surface area contributed by atoms with Gasteiger partial charge in [-0.05, 0) is 24.3 Å². The van der Waals surface area contributed by atoms with Crippen LogP contribution in [0.15, 0.2) is 29.2 Å². The predicted octanol–water partition coefficient (Wildman–Crippen LogP) is 0.167. The number of rotatable bonds is 2. The van der Waals surface area contributed by atoms with Gasteiger partial charge in [0.15, 0.2) is 0 Å². The number of hydrogen-bond donors (Lipinski definition) is 4. The molecule has 2 rings (SSSR count). The molecule has 1 saturated heterocycles. The smallest absolute Gasteiger partial charge is 0.110 e. The summed E-state index contributed by atoms with van der Waals surface area (Å²) >= 11 is 2.62. The average molecular weight is 313 g/mol. The van der Waals surface area contributed by atoms with Crippen LogP contribution < -0.4 is 0 Å². The highest BCUT2D eigenvalue weighted by atomic mass is 32.2. The van der Waals surface area contributed by atoms with Crippen LogP contribution in [0.2, 0.25) is 0 Å². The minimum Gasteiger partial charge on any atom is -0.389 e. The molecule has 5 atom stereocenters. The van der Waals surface area contributed by atoms with Gasteiger partial charge in [-0.1, -0.05) is 0 Å². The van der Waals surface area contributed by atoms with Crippen LogP contribution in [-0.2, 0) is 0 Å². The van der Waals surface area contributed by atoms with Crippen LogP contribution >= 0.6 is 23.5 Å². The summed E-state index contributed by atoms with van der Waals surface area (Å²) in [6.07, 6.45) is -4.93. The second-order valence-electron chi connectivity index (χ2n) is 4.49. The van der Waals surface area contributed by atoms with Gasteiger partial charge in [0.1, 0.15) is 18.3 Å². The fourth-order valence-electron chi connectivity index (χ4n) is 1.83. The second-order valence-corrected chi connectivity index (χ2v) is 7.18. The number of aliphatic hydroxyl groups is 4. The van der Waals surface area contributed by atoms with E-state index >= 15 is 0 Å². The highest BCUT2D eigenvalue weighted by molar-refractivity contribution is 8.17. The molecule has 0 aromatic heterocycles. The van der Waals surface area contributed by atoms with Gasteiger partial charge in [0.2, 0.25) is 0 Å². The molecule has 108 valence electrons. The fraction of sp³-hybridized carbons (Fsp3) is 0.462. The maximum Gasteiger partial charge on any atom is 0.110 e. The average Bonchev–Trinajstić information content (AvgIpc) is 2.56. The molecule has 1 aromatic rings. The fourth-order valence-corrected chi connectivity index (χ4v) is 4.47. The van der Waals surface area contributed by atoms with Crippen LogP contribution in [0.1, 0.15) is 5.56 Å². The van der Waals surface area contributed by atoms with Gasteiger partial charge in [-0.15, -0.1) is 23.5 Å². The molecular formula is C13H15NO4S2. The SMILES string of the molecule is N#Cc1ccc(S[C@@H]2SC[C@H](O)[C@@H](O)[C@H](O)[C@H]2O)cc1. The highest BCUT2D eigenvalue weighted by Crippen LogP contribution is 2.37. The first kappa shape index (κ1) is 15.6. The molecule has 4 N–H and O–H groups in total. The molecular weight excluding hydrogens is 298 g/mol. The minimum atomic E-state index is -1.38. The Hall–Kier alpha value is -0.750. The minimum absolute atomic E-state index is 0.239. The van der Waals surface area contributed by atoms with Gasteiger partial charge in [0.25, 0.3) is 0 Å². The number of hydrogen-bond acceptors (Lipinski definition) is 7. The van der Waals surface area contributed by atoms with E-state index < -0.39 is 29.0 Å². The number of thioether (sulfide) groups is 2. The van der Waals surface area contributed by atoms with Crippen molar-refractivity contribution in [1.82, 2.24) is 0 Å². The Morgan fingerprint density at radius 1 is 1.05 bits per heavy atom. The van der Waals surface area contributed by atoms with Gasteiger partial charge in [-0.2, -0.15) is 5.26 Å². The largest absolute Gasteiger partial charge is 0.389 e. The lowest BCUT2D eigenvalue weighted by Gasteiger charge is -2.25. The summed E-state index contributed by atoms with van der Waals surface area (Å²) in [7, 11) is 0. The van der Waals surface area contributed by atoms with Gasteiger partial charge in [0.05, 0.1) is 22.3 Å². The number of aliphatic hydroxyl groups excluding tert-OH is 4. The Bertz CT molecular complexity index is 490. The third kappa shape index (κ3) is 3.47. The van der Waals surface area contributed by atoms with Crippen LogP contribution in [-0.4, -0.2) is 55.2 Å². The van der Waals surface area contributed by atoms with Crippen LogP contribution in [0.25, 0.3) is 0 Å². The van der Waals surface area contributed by atoms with Crippen molar-refractivity contribution in [1.29, 1.82) is 5.26 Å². The molecule has 1 aliphatic rings. The van der Waals surface area contributed by atoms with Crippen molar-refractivity contribution < 1.29 is 20.4 Å². The van der Waals surface area contributed by atoms with E-state index in [4.69, 9.17) is 5.26 Å². The molecule has 1 aromatic carbocycles. The first-order valence-electron chi connectivity index (χ1n) is 6.03. The van der Waals surface area contributed by atoms with E-state index in [9.17, 15) is 20.4 Å². The highest BCUT2D eigenvalue weighted by Gasteiger charge is 2.39. The second kappa shape index (κ2) is 6.80. The summed E-state index contributed by atoms with van der Waals surface area (Å²) in [6.45, 7) is 0. The Morgan fingerprint density at radius 2 is 1.70 bits per heavy atom. The van der Waals surface area contributed by atoms with Gasteiger partial charge >= 0.3 is 0 Å². The molecule has 0 aliphatic carbocycles. The quantitative estimate of drug-likeness (QED) is 0.617. The van der Waals surface area contributed by atoms with Gasteiger partial charge in [-0.3, -0.25) is 0 Å². The zero-order valence-corrected chi connectivity index (χ0v) is 12.1. The summed E-state index contributed by atoms with van der Waals surface area (Å²) in [4.78, 5) is 0.846. The molecule has 0 amide bonds. The lowest BCUT2D eigenvalue weighted by Crippen LogP contribution is -2.45. The molecule has 0 spiro atoms. The van der Waals surface area contributed by atoms with E-state index in [1.807, 2.05) is 6.07 Å². The molecule has 20 heavy (non-hydrogen) atoms. The Labute approximate surface area is 125 Å². The third-order valence-corrected chi connectivity index (χ3v) is 5.93. The molecule has 7 heteroatoms. The summed E-state index contributed by atoms with van der Waals surface area (Å²) in [5.41, 5.74) is 0.550.